The molecule has 68 valence electrons. The molecule has 0 radical (unpaired) electrons. The van der Waals surface area contributed by atoms with Gasteiger partial charge in [-0.15, -0.1) is 0 Å². The molecule has 0 saturated carbocycles. The molecule has 1 aromatic carbocycles. The highest BCUT2D eigenvalue weighted by Gasteiger charge is 2.15. The highest BCUT2D eigenvalue weighted by molar-refractivity contribution is 7.89. The predicted molar refractivity (Wildman–Crippen MR) is 43.2 cm³/mol. The lowest BCUT2D eigenvalue weighted by atomic mass is 10.3. The molecule has 1 aromatic heterocycles. The number of fused-ring (bicyclic) bond motifs is 1. The number of aromatic nitrogens is 2. The first-order valence-electron chi connectivity index (χ1n) is 3.33. The summed E-state index contributed by atoms with van der Waals surface area (Å²) >= 11 is 0. The van der Waals surface area contributed by atoms with E-state index in [1.807, 2.05) is 0 Å². The summed E-state index contributed by atoms with van der Waals surface area (Å²) in [5.74, 6) is 0. The molecule has 0 spiro atoms. The van der Waals surface area contributed by atoms with Crippen LogP contribution in [0.15, 0.2) is 27.7 Å². The topological polar surface area (TPSA) is 99.1 Å². The fourth-order valence-electron chi connectivity index (χ4n) is 1.01. The fourth-order valence-corrected chi connectivity index (χ4v) is 1.69. The summed E-state index contributed by atoms with van der Waals surface area (Å²) in [6.07, 6.45) is 0. The number of primary sulfonamides is 1. The first kappa shape index (κ1) is 8.14. The van der Waals surface area contributed by atoms with Crippen LogP contribution in [-0.4, -0.2) is 18.7 Å². The first-order chi connectivity index (χ1) is 6.09. The van der Waals surface area contributed by atoms with Crippen LogP contribution in [0.2, 0.25) is 0 Å². The van der Waals surface area contributed by atoms with E-state index >= 15 is 0 Å². The lowest BCUT2D eigenvalue weighted by Gasteiger charge is -1.95. The van der Waals surface area contributed by atoms with E-state index in [2.05, 4.69) is 14.9 Å². The Labute approximate surface area is 73.4 Å². The molecule has 0 amide bonds. The van der Waals surface area contributed by atoms with Crippen molar-refractivity contribution < 1.29 is 13.0 Å². The zero-order valence-corrected chi connectivity index (χ0v) is 7.15. The summed E-state index contributed by atoms with van der Waals surface area (Å²) in [6, 6.07) is 4.45. The Hall–Kier alpha value is -1.47. The molecule has 2 aromatic rings. The summed E-state index contributed by atoms with van der Waals surface area (Å²) in [6.45, 7) is 0. The maximum absolute atomic E-state index is 11.0. The number of rotatable bonds is 1. The van der Waals surface area contributed by atoms with Gasteiger partial charge in [-0.05, 0) is 22.4 Å². The summed E-state index contributed by atoms with van der Waals surface area (Å²) in [4.78, 5) is -0.0775. The molecule has 0 atom stereocenters. The van der Waals surface area contributed by atoms with Crippen molar-refractivity contribution in [1.29, 1.82) is 0 Å². The molecular formula is C6H5N3O3S. The van der Waals surface area contributed by atoms with Crippen molar-refractivity contribution in [1.82, 2.24) is 10.3 Å². The van der Waals surface area contributed by atoms with E-state index in [1.165, 1.54) is 12.1 Å². The van der Waals surface area contributed by atoms with Crippen molar-refractivity contribution in [3.63, 3.8) is 0 Å². The SMILES string of the molecule is NS(=O)(=O)c1cccc2nonc12. The predicted octanol–water partition coefficient (Wildman–Crippen LogP) is -0.130. The third-order valence-corrected chi connectivity index (χ3v) is 2.50. The number of nitrogens with two attached hydrogens (primary N) is 1. The minimum Gasteiger partial charge on any atom is -0.243 e. The van der Waals surface area contributed by atoms with Gasteiger partial charge in [0.2, 0.25) is 10.0 Å². The Morgan fingerprint density at radius 2 is 2.08 bits per heavy atom. The Morgan fingerprint density at radius 3 is 2.77 bits per heavy atom. The molecule has 0 aliphatic heterocycles. The number of nitrogens with zero attached hydrogens (tertiary/aromatic N) is 2. The highest BCUT2D eigenvalue weighted by Crippen LogP contribution is 2.17. The molecule has 0 aliphatic carbocycles. The van der Waals surface area contributed by atoms with E-state index in [-0.39, 0.29) is 10.4 Å². The summed E-state index contributed by atoms with van der Waals surface area (Å²) in [5, 5.41) is 11.9. The zero-order chi connectivity index (χ0) is 9.47. The van der Waals surface area contributed by atoms with Crippen molar-refractivity contribution in [2.45, 2.75) is 4.90 Å². The summed E-state index contributed by atoms with van der Waals surface area (Å²) in [7, 11) is -3.76. The van der Waals surface area contributed by atoms with Crippen LogP contribution in [0, 0.1) is 0 Å². The zero-order valence-electron chi connectivity index (χ0n) is 6.34. The van der Waals surface area contributed by atoms with Crippen molar-refractivity contribution in [2.75, 3.05) is 0 Å². The first-order valence-corrected chi connectivity index (χ1v) is 4.88. The molecular weight excluding hydrogens is 194 g/mol. The van der Waals surface area contributed by atoms with E-state index in [4.69, 9.17) is 5.14 Å². The molecule has 0 bridgehead atoms. The smallest absolute Gasteiger partial charge is 0.240 e. The molecule has 1 heterocycles. The van der Waals surface area contributed by atoms with Gasteiger partial charge in [-0.25, -0.2) is 18.2 Å². The third-order valence-electron chi connectivity index (χ3n) is 1.56. The van der Waals surface area contributed by atoms with Gasteiger partial charge >= 0.3 is 0 Å². The quantitative estimate of drug-likeness (QED) is 0.689. The average Bonchev–Trinajstić information content (AvgIpc) is 2.48. The second-order valence-corrected chi connectivity index (χ2v) is 3.96. The molecule has 2 rings (SSSR count). The molecule has 6 nitrogen and oxygen atoms in total. The minimum atomic E-state index is -3.76. The standard InChI is InChI=1S/C6H5N3O3S/c7-13(10,11)5-3-1-2-4-6(5)9-12-8-4/h1-3H,(H2,7,10,11). The van der Waals surface area contributed by atoms with Crippen LogP contribution in [0.3, 0.4) is 0 Å². The van der Waals surface area contributed by atoms with Crippen LogP contribution in [0.5, 0.6) is 0 Å². The monoisotopic (exact) mass is 199 g/mol. The van der Waals surface area contributed by atoms with Gasteiger partial charge in [0, 0.05) is 0 Å². The molecule has 2 N–H and O–H groups in total. The Kier molecular flexibility index (Phi) is 1.57. The number of sulfonamides is 1. The van der Waals surface area contributed by atoms with E-state index in [1.54, 1.807) is 6.07 Å². The third kappa shape index (κ3) is 1.27. The van der Waals surface area contributed by atoms with Crippen LogP contribution in [0.25, 0.3) is 11.0 Å². The van der Waals surface area contributed by atoms with Gasteiger partial charge < -0.3 is 0 Å². The average molecular weight is 199 g/mol. The van der Waals surface area contributed by atoms with Crippen molar-refractivity contribution >= 4 is 21.1 Å². The molecule has 0 unspecified atom stereocenters. The lowest BCUT2D eigenvalue weighted by molar-refractivity contribution is 0.315. The second-order valence-electron chi connectivity index (χ2n) is 2.43. The maximum Gasteiger partial charge on any atom is 0.240 e. The van der Waals surface area contributed by atoms with Crippen LogP contribution in [0.4, 0.5) is 0 Å². The minimum absolute atomic E-state index is 0.0775. The van der Waals surface area contributed by atoms with Crippen LogP contribution < -0.4 is 5.14 Å². The largest absolute Gasteiger partial charge is 0.243 e. The Balaban J connectivity index is 2.91. The molecule has 0 aliphatic rings. The number of benzene rings is 1. The summed E-state index contributed by atoms with van der Waals surface area (Å²) < 4.78 is 26.4. The number of hydrogen-bond donors (Lipinski definition) is 1. The van der Waals surface area contributed by atoms with Gasteiger partial charge in [0.05, 0.1) is 0 Å². The van der Waals surface area contributed by atoms with E-state index in [0.717, 1.165) is 0 Å². The van der Waals surface area contributed by atoms with Gasteiger partial charge in [0.25, 0.3) is 0 Å². The Morgan fingerprint density at radius 1 is 1.31 bits per heavy atom. The molecule has 0 saturated heterocycles. The lowest BCUT2D eigenvalue weighted by Crippen LogP contribution is -2.12. The van der Waals surface area contributed by atoms with Gasteiger partial charge in [-0.2, -0.15) is 0 Å². The molecule has 13 heavy (non-hydrogen) atoms. The van der Waals surface area contributed by atoms with E-state index in [0.29, 0.717) is 5.52 Å². The summed E-state index contributed by atoms with van der Waals surface area (Å²) in [5.41, 5.74) is 0.525. The fraction of sp³-hybridized carbons (Fsp3) is 0. The van der Waals surface area contributed by atoms with E-state index in [9.17, 15) is 8.42 Å². The van der Waals surface area contributed by atoms with Crippen molar-refractivity contribution in [3.8, 4) is 0 Å². The second kappa shape index (κ2) is 2.51. The normalized spacial score (nSPS) is 12.1. The molecule has 0 fully saturated rings. The van der Waals surface area contributed by atoms with Crippen LogP contribution in [0.1, 0.15) is 0 Å². The van der Waals surface area contributed by atoms with Gasteiger partial charge in [0.15, 0.2) is 5.52 Å². The van der Waals surface area contributed by atoms with Gasteiger partial charge in [0.1, 0.15) is 10.4 Å². The van der Waals surface area contributed by atoms with E-state index < -0.39 is 10.0 Å². The van der Waals surface area contributed by atoms with Crippen LogP contribution in [-0.2, 0) is 10.0 Å². The van der Waals surface area contributed by atoms with Crippen molar-refractivity contribution in [2.24, 2.45) is 5.14 Å². The van der Waals surface area contributed by atoms with Gasteiger partial charge in [-0.1, -0.05) is 6.07 Å². The van der Waals surface area contributed by atoms with Crippen molar-refractivity contribution in [3.05, 3.63) is 18.2 Å². The number of hydrogen-bond acceptors (Lipinski definition) is 5. The highest BCUT2D eigenvalue weighted by atomic mass is 32.2. The Bertz CT molecular complexity index is 545. The van der Waals surface area contributed by atoms with Gasteiger partial charge in [-0.3, -0.25) is 0 Å². The molecule has 7 heteroatoms. The maximum atomic E-state index is 11.0. The van der Waals surface area contributed by atoms with Crippen LogP contribution >= 0.6 is 0 Å².